The molecule has 4 rings (SSSR count). The van der Waals surface area contributed by atoms with Crippen LogP contribution >= 0.6 is 15.9 Å². The summed E-state index contributed by atoms with van der Waals surface area (Å²) in [6.07, 6.45) is 0.673. The number of hydrogen-bond donors (Lipinski definition) is 3. The number of benzene rings is 2. The van der Waals surface area contributed by atoms with E-state index >= 15 is 0 Å². The molecule has 3 aromatic rings. The Kier molecular flexibility index (Phi) is 5.48. The van der Waals surface area contributed by atoms with Crippen molar-refractivity contribution in [2.75, 3.05) is 27.3 Å². The molecule has 0 amide bonds. The summed E-state index contributed by atoms with van der Waals surface area (Å²) in [5.41, 5.74) is 0.726. The van der Waals surface area contributed by atoms with E-state index in [0.29, 0.717) is 27.8 Å². The Bertz CT molecular complexity index is 1170. The Hall–Kier alpha value is -2.55. The van der Waals surface area contributed by atoms with Gasteiger partial charge in [-0.15, -0.1) is 0 Å². The molecule has 2 aromatic carbocycles. The van der Waals surface area contributed by atoms with Crippen LogP contribution in [0.25, 0.3) is 22.3 Å². The standard InChI is InChI=1S/C22H22BrNO6/c1-24-6-5-12(15(24)10-25)20-16(26)8-17(27)21-18(28)9-19(30-22(20)21)13-7-11(29-2)3-4-14(13)23/h3-4,7-9,12,15,25-27H,5-6,10H2,1-2H3. The zero-order valence-electron chi connectivity index (χ0n) is 16.6. The smallest absolute Gasteiger partial charge is 0.197 e. The van der Waals surface area contributed by atoms with E-state index in [4.69, 9.17) is 9.15 Å². The Balaban J connectivity index is 2.01. The van der Waals surface area contributed by atoms with Gasteiger partial charge in [0.15, 0.2) is 5.43 Å². The lowest BCUT2D eigenvalue weighted by molar-refractivity contribution is 0.172. The lowest BCUT2D eigenvalue weighted by Crippen LogP contribution is -2.32. The number of nitrogens with zero attached hydrogens (tertiary/aromatic N) is 1. The van der Waals surface area contributed by atoms with Crippen molar-refractivity contribution in [3.05, 3.63) is 50.6 Å². The van der Waals surface area contributed by atoms with E-state index < -0.39 is 5.43 Å². The third-order valence-electron chi connectivity index (χ3n) is 5.82. The highest BCUT2D eigenvalue weighted by Crippen LogP contribution is 2.44. The van der Waals surface area contributed by atoms with Crippen molar-refractivity contribution < 1.29 is 24.5 Å². The zero-order valence-corrected chi connectivity index (χ0v) is 18.1. The van der Waals surface area contributed by atoms with Crippen molar-refractivity contribution in [2.24, 2.45) is 0 Å². The van der Waals surface area contributed by atoms with Crippen molar-refractivity contribution in [2.45, 2.75) is 18.4 Å². The van der Waals surface area contributed by atoms with Crippen LogP contribution in [-0.4, -0.2) is 53.6 Å². The number of ether oxygens (including phenoxy) is 1. The highest BCUT2D eigenvalue weighted by atomic mass is 79.9. The normalized spacial score (nSPS) is 19.5. The maximum absolute atomic E-state index is 12.9. The second kappa shape index (κ2) is 7.94. The monoisotopic (exact) mass is 475 g/mol. The molecule has 2 unspecified atom stereocenters. The van der Waals surface area contributed by atoms with Gasteiger partial charge < -0.3 is 29.4 Å². The fourth-order valence-electron chi connectivity index (χ4n) is 4.24. The molecule has 0 radical (unpaired) electrons. The first kappa shape index (κ1) is 20.7. The average molecular weight is 476 g/mol. The molecule has 0 aliphatic carbocycles. The van der Waals surface area contributed by atoms with Gasteiger partial charge in [-0.3, -0.25) is 4.79 Å². The molecule has 0 bridgehead atoms. The van der Waals surface area contributed by atoms with E-state index in [9.17, 15) is 20.1 Å². The van der Waals surface area contributed by atoms with Gasteiger partial charge >= 0.3 is 0 Å². The summed E-state index contributed by atoms with van der Waals surface area (Å²) in [5.74, 6) is 0.103. The van der Waals surface area contributed by atoms with Crippen LogP contribution in [0.1, 0.15) is 17.9 Å². The van der Waals surface area contributed by atoms with Crippen LogP contribution in [0, 0.1) is 0 Å². The quantitative estimate of drug-likeness (QED) is 0.530. The van der Waals surface area contributed by atoms with E-state index in [-0.39, 0.29) is 46.8 Å². The predicted molar refractivity (Wildman–Crippen MR) is 116 cm³/mol. The molecular formula is C22H22BrNO6. The average Bonchev–Trinajstić information content (AvgIpc) is 3.07. The fourth-order valence-corrected chi connectivity index (χ4v) is 4.69. The molecule has 0 saturated carbocycles. The number of hydrogen-bond acceptors (Lipinski definition) is 7. The number of aliphatic hydroxyl groups is 1. The lowest BCUT2D eigenvalue weighted by atomic mass is 9.89. The number of phenolic OH excluding ortho intramolecular Hbond substituents is 2. The molecule has 158 valence electrons. The van der Waals surface area contributed by atoms with Crippen LogP contribution in [0.15, 0.2) is 44.0 Å². The number of aliphatic hydroxyl groups excluding tert-OH is 1. The topological polar surface area (TPSA) is 103 Å². The second-order valence-corrected chi connectivity index (χ2v) is 8.33. The number of likely N-dealkylation sites (N-methyl/N-ethyl adjacent to an activating group) is 1. The van der Waals surface area contributed by atoms with Crippen molar-refractivity contribution in [1.82, 2.24) is 4.90 Å². The predicted octanol–water partition coefficient (Wildman–Crippen LogP) is 3.42. The summed E-state index contributed by atoms with van der Waals surface area (Å²) in [4.78, 5) is 14.9. The Morgan fingerprint density at radius 2 is 2.00 bits per heavy atom. The van der Waals surface area contributed by atoms with Gasteiger partial charge in [0.2, 0.25) is 0 Å². The summed E-state index contributed by atoms with van der Waals surface area (Å²) < 4.78 is 12.1. The third kappa shape index (κ3) is 3.34. The van der Waals surface area contributed by atoms with Crippen LogP contribution in [0.4, 0.5) is 0 Å². The van der Waals surface area contributed by atoms with Crippen molar-refractivity contribution in [1.29, 1.82) is 0 Å². The molecule has 7 nitrogen and oxygen atoms in total. The first-order valence-corrected chi connectivity index (χ1v) is 10.3. The van der Waals surface area contributed by atoms with Crippen LogP contribution in [0.3, 0.4) is 0 Å². The minimum absolute atomic E-state index is 0.0109. The maximum Gasteiger partial charge on any atom is 0.197 e. The van der Waals surface area contributed by atoms with Crippen molar-refractivity contribution >= 4 is 26.9 Å². The minimum Gasteiger partial charge on any atom is -0.507 e. The van der Waals surface area contributed by atoms with E-state index in [1.165, 1.54) is 12.1 Å². The number of halogens is 1. The number of fused-ring (bicyclic) bond motifs is 1. The van der Waals surface area contributed by atoms with Gasteiger partial charge in [0, 0.05) is 39.7 Å². The van der Waals surface area contributed by atoms with Gasteiger partial charge in [0.1, 0.15) is 34.0 Å². The van der Waals surface area contributed by atoms with Crippen LogP contribution in [0.5, 0.6) is 17.2 Å². The van der Waals surface area contributed by atoms with E-state index in [1.807, 2.05) is 11.9 Å². The molecule has 1 aliphatic rings. The van der Waals surface area contributed by atoms with Gasteiger partial charge in [-0.1, -0.05) is 15.9 Å². The minimum atomic E-state index is -0.424. The van der Waals surface area contributed by atoms with Crippen LogP contribution < -0.4 is 10.2 Å². The van der Waals surface area contributed by atoms with Crippen LogP contribution in [-0.2, 0) is 0 Å². The SMILES string of the molecule is COc1ccc(Br)c(-c2cc(=O)c3c(O)cc(O)c(C4CCN(C)C4CO)c3o2)c1. The summed E-state index contributed by atoms with van der Waals surface area (Å²) in [5, 5.41) is 30.9. The fraction of sp³-hybridized carbons (Fsp3) is 0.318. The molecule has 1 fully saturated rings. The molecule has 1 aromatic heterocycles. The van der Waals surface area contributed by atoms with Gasteiger partial charge in [-0.25, -0.2) is 0 Å². The highest BCUT2D eigenvalue weighted by Gasteiger charge is 2.36. The van der Waals surface area contributed by atoms with Gasteiger partial charge in [-0.2, -0.15) is 0 Å². The van der Waals surface area contributed by atoms with Gasteiger partial charge in [0.25, 0.3) is 0 Å². The Labute approximate surface area is 181 Å². The maximum atomic E-state index is 12.9. The molecular weight excluding hydrogens is 454 g/mol. The van der Waals surface area contributed by atoms with Gasteiger partial charge in [0.05, 0.1) is 13.7 Å². The Morgan fingerprint density at radius 3 is 2.70 bits per heavy atom. The summed E-state index contributed by atoms with van der Waals surface area (Å²) in [6.45, 7) is 0.622. The zero-order chi connectivity index (χ0) is 21.6. The third-order valence-corrected chi connectivity index (χ3v) is 6.51. The van der Waals surface area contributed by atoms with Crippen molar-refractivity contribution in [3.8, 4) is 28.6 Å². The first-order chi connectivity index (χ1) is 14.3. The number of methoxy groups -OCH3 is 1. The van der Waals surface area contributed by atoms with E-state index in [0.717, 1.165) is 6.54 Å². The highest BCUT2D eigenvalue weighted by molar-refractivity contribution is 9.10. The molecule has 3 N–H and O–H groups in total. The number of phenols is 2. The molecule has 8 heteroatoms. The molecule has 2 heterocycles. The second-order valence-electron chi connectivity index (χ2n) is 7.48. The molecule has 30 heavy (non-hydrogen) atoms. The molecule has 1 aliphatic heterocycles. The molecule has 1 saturated heterocycles. The van der Waals surface area contributed by atoms with Gasteiger partial charge in [-0.05, 0) is 38.2 Å². The first-order valence-electron chi connectivity index (χ1n) is 9.53. The number of aromatic hydroxyl groups is 2. The molecule has 0 spiro atoms. The summed E-state index contributed by atoms with van der Waals surface area (Å²) >= 11 is 3.47. The molecule has 2 atom stereocenters. The van der Waals surface area contributed by atoms with E-state index in [2.05, 4.69) is 15.9 Å². The summed E-state index contributed by atoms with van der Waals surface area (Å²) in [7, 11) is 3.44. The largest absolute Gasteiger partial charge is 0.507 e. The van der Waals surface area contributed by atoms with Crippen LogP contribution in [0.2, 0.25) is 0 Å². The lowest BCUT2D eigenvalue weighted by Gasteiger charge is -2.24. The summed E-state index contributed by atoms with van der Waals surface area (Å²) in [6, 6.07) is 7.54. The number of likely N-dealkylation sites (tertiary alicyclic amines) is 1. The number of rotatable bonds is 4. The Morgan fingerprint density at radius 1 is 1.23 bits per heavy atom. The van der Waals surface area contributed by atoms with Crippen molar-refractivity contribution in [3.63, 3.8) is 0 Å². The van der Waals surface area contributed by atoms with E-state index in [1.54, 1.807) is 25.3 Å².